The minimum Gasteiger partial charge on any atom is -0.393 e. The summed E-state index contributed by atoms with van der Waals surface area (Å²) in [4.78, 5) is 11.2. The van der Waals surface area contributed by atoms with Gasteiger partial charge in [-0.2, -0.15) is 5.10 Å². The molecule has 0 amide bonds. The van der Waals surface area contributed by atoms with Crippen molar-refractivity contribution in [3.05, 3.63) is 41.2 Å². The van der Waals surface area contributed by atoms with Gasteiger partial charge in [0.1, 0.15) is 17.5 Å². The lowest BCUT2D eigenvalue weighted by molar-refractivity contribution is 0.145. The highest BCUT2D eigenvalue weighted by molar-refractivity contribution is 5.80. The number of piperidine rings is 1. The number of nitrogens with one attached hydrogen (secondary N) is 2. The number of aliphatic hydroxyl groups is 1. The van der Waals surface area contributed by atoms with E-state index >= 15 is 0 Å². The molecule has 1 aromatic heterocycles. The van der Waals surface area contributed by atoms with Crippen molar-refractivity contribution in [1.82, 2.24) is 25.4 Å². The van der Waals surface area contributed by atoms with Crippen molar-refractivity contribution in [1.29, 1.82) is 0 Å². The number of fused-ring (bicyclic) bond motifs is 1. The quantitative estimate of drug-likeness (QED) is 0.499. The van der Waals surface area contributed by atoms with Gasteiger partial charge in [-0.1, -0.05) is 6.07 Å². The molecule has 8 nitrogen and oxygen atoms in total. The van der Waals surface area contributed by atoms with Gasteiger partial charge in [-0.05, 0) is 57.2 Å². The highest BCUT2D eigenvalue weighted by Gasteiger charge is 2.24. The predicted octanol–water partition coefficient (Wildman–Crippen LogP) is 2.28. The van der Waals surface area contributed by atoms with Gasteiger partial charge in [-0.25, -0.2) is 19.0 Å². The summed E-state index contributed by atoms with van der Waals surface area (Å²) in [5.41, 5.74) is 1.42. The molecule has 1 aromatic carbocycles. The molecule has 3 heterocycles. The average Bonchev–Trinajstić information content (AvgIpc) is 3.14. The number of aromatic nitrogens is 3. The number of rotatable bonds is 5. The molecule has 0 saturated carbocycles. The van der Waals surface area contributed by atoms with Gasteiger partial charge < -0.3 is 20.6 Å². The van der Waals surface area contributed by atoms with Crippen LogP contribution < -0.4 is 15.5 Å². The number of aryl methyl sites for hydroxylation is 2. The minimum absolute atomic E-state index is 0.0568. The maximum Gasteiger partial charge on any atom is 0.192 e. The lowest BCUT2D eigenvalue weighted by Crippen LogP contribution is -2.41. The fourth-order valence-corrected chi connectivity index (χ4v) is 4.27. The van der Waals surface area contributed by atoms with E-state index in [1.165, 1.54) is 0 Å². The molecule has 3 N–H and O–H groups in total. The summed E-state index contributed by atoms with van der Waals surface area (Å²) in [6, 6.07) is 5.37. The third-order valence-corrected chi connectivity index (χ3v) is 5.87. The molecule has 1 saturated heterocycles. The van der Waals surface area contributed by atoms with Crippen LogP contribution in [0.2, 0.25) is 0 Å². The van der Waals surface area contributed by atoms with Crippen LogP contribution in [0.1, 0.15) is 55.9 Å². The van der Waals surface area contributed by atoms with E-state index in [4.69, 9.17) is 0 Å². The molecule has 0 spiro atoms. The Morgan fingerprint density at radius 3 is 2.81 bits per heavy atom. The summed E-state index contributed by atoms with van der Waals surface area (Å²) in [6.07, 6.45) is 3.09. The van der Waals surface area contributed by atoms with Crippen molar-refractivity contribution in [3.63, 3.8) is 0 Å². The standard InChI is InChI=1S/C22H32FN7O/c1-3-24-22(27-19-5-4-10-30-21(19)26-15(2)28-30)25-14-16-6-7-20(18(23)13-16)29-11-8-17(31)9-12-29/h6-7,13,17,19,31H,3-5,8-12,14H2,1-2H3,(H2,24,25,27). The normalized spacial score (nSPS) is 19.9. The lowest BCUT2D eigenvalue weighted by atomic mass is 10.1. The second-order valence-electron chi connectivity index (χ2n) is 8.28. The van der Waals surface area contributed by atoms with Gasteiger partial charge >= 0.3 is 0 Å². The van der Waals surface area contributed by atoms with Crippen molar-refractivity contribution in [2.45, 2.75) is 64.8 Å². The van der Waals surface area contributed by atoms with Crippen LogP contribution in [-0.2, 0) is 13.1 Å². The summed E-state index contributed by atoms with van der Waals surface area (Å²) in [5.74, 6) is 2.18. The van der Waals surface area contributed by atoms with Crippen molar-refractivity contribution in [2.24, 2.45) is 4.99 Å². The number of benzene rings is 1. The Morgan fingerprint density at radius 1 is 1.26 bits per heavy atom. The Bertz CT molecular complexity index is 921. The average molecular weight is 430 g/mol. The molecule has 0 bridgehead atoms. The maximum absolute atomic E-state index is 14.7. The number of halogens is 1. The van der Waals surface area contributed by atoms with Crippen LogP contribution in [0.4, 0.5) is 10.1 Å². The van der Waals surface area contributed by atoms with Gasteiger partial charge in [-0.15, -0.1) is 0 Å². The number of aliphatic hydroxyl groups excluding tert-OH is 1. The second-order valence-corrected chi connectivity index (χ2v) is 8.28. The molecule has 9 heteroatoms. The molecule has 0 radical (unpaired) electrons. The third-order valence-electron chi connectivity index (χ3n) is 5.87. The van der Waals surface area contributed by atoms with Crippen LogP contribution in [0.15, 0.2) is 23.2 Å². The molecular weight excluding hydrogens is 397 g/mol. The van der Waals surface area contributed by atoms with E-state index in [1.54, 1.807) is 6.07 Å². The third kappa shape index (κ3) is 5.15. The van der Waals surface area contributed by atoms with Crippen molar-refractivity contribution in [3.8, 4) is 0 Å². The van der Waals surface area contributed by atoms with Crippen molar-refractivity contribution >= 4 is 11.6 Å². The molecule has 2 aliphatic rings. The number of hydrogen-bond donors (Lipinski definition) is 3. The fraction of sp³-hybridized carbons (Fsp3) is 0.591. The molecule has 0 aliphatic carbocycles. The van der Waals surface area contributed by atoms with Gasteiger partial charge in [0.25, 0.3) is 0 Å². The van der Waals surface area contributed by atoms with E-state index < -0.39 is 0 Å². The Hall–Kier alpha value is -2.68. The van der Waals surface area contributed by atoms with E-state index in [9.17, 15) is 9.50 Å². The van der Waals surface area contributed by atoms with Crippen molar-refractivity contribution in [2.75, 3.05) is 24.5 Å². The Balaban J connectivity index is 1.43. The molecule has 2 aromatic rings. The molecule has 1 unspecified atom stereocenters. The van der Waals surface area contributed by atoms with Crippen molar-refractivity contribution < 1.29 is 9.50 Å². The van der Waals surface area contributed by atoms with Gasteiger partial charge in [0, 0.05) is 26.2 Å². The number of nitrogens with zero attached hydrogens (tertiary/aromatic N) is 5. The van der Waals surface area contributed by atoms with Crippen LogP contribution >= 0.6 is 0 Å². The highest BCUT2D eigenvalue weighted by Crippen LogP contribution is 2.25. The molecular formula is C22H32FN7O. The Kier molecular flexibility index (Phi) is 6.70. The second kappa shape index (κ2) is 9.64. The Labute approximate surface area is 182 Å². The van der Waals surface area contributed by atoms with E-state index in [1.807, 2.05) is 35.6 Å². The molecule has 2 aliphatic heterocycles. The largest absolute Gasteiger partial charge is 0.393 e. The fourth-order valence-electron chi connectivity index (χ4n) is 4.27. The zero-order valence-corrected chi connectivity index (χ0v) is 18.3. The van der Waals surface area contributed by atoms with Gasteiger partial charge in [0.15, 0.2) is 5.96 Å². The summed E-state index contributed by atoms with van der Waals surface area (Å²) in [6.45, 7) is 7.29. The highest BCUT2D eigenvalue weighted by atomic mass is 19.1. The lowest BCUT2D eigenvalue weighted by Gasteiger charge is -2.31. The summed E-state index contributed by atoms with van der Waals surface area (Å²) >= 11 is 0. The van der Waals surface area contributed by atoms with Crippen LogP contribution in [0, 0.1) is 12.7 Å². The van der Waals surface area contributed by atoms with E-state index in [0.29, 0.717) is 44.1 Å². The number of hydrogen-bond acceptors (Lipinski definition) is 5. The topological polar surface area (TPSA) is 90.6 Å². The van der Waals surface area contributed by atoms with Crippen LogP contribution in [0.3, 0.4) is 0 Å². The van der Waals surface area contributed by atoms with Crippen LogP contribution in [0.25, 0.3) is 0 Å². The maximum atomic E-state index is 14.7. The monoisotopic (exact) mass is 429 g/mol. The van der Waals surface area contributed by atoms with Gasteiger partial charge in [0.2, 0.25) is 0 Å². The number of guanidine groups is 1. The minimum atomic E-state index is -0.271. The number of anilines is 1. The summed E-state index contributed by atoms with van der Waals surface area (Å²) in [7, 11) is 0. The first-order valence-electron chi connectivity index (χ1n) is 11.2. The SMILES string of the molecule is CCNC(=NCc1ccc(N2CCC(O)CC2)c(F)c1)NC1CCCn2nc(C)nc21. The molecule has 1 fully saturated rings. The van der Waals surface area contributed by atoms with E-state index in [-0.39, 0.29) is 18.0 Å². The first-order chi connectivity index (χ1) is 15.0. The van der Waals surface area contributed by atoms with E-state index in [0.717, 1.165) is 43.1 Å². The molecule has 168 valence electrons. The van der Waals surface area contributed by atoms with Gasteiger partial charge in [-0.3, -0.25) is 0 Å². The molecule has 1 atom stereocenters. The predicted molar refractivity (Wildman–Crippen MR) is 119 cm³/mol. The van der Waals surface area contributed by atoms with E-state index in [2.05, 4.69) is 25.7 Å². The molecule has 31 heavy (non-hydrogen) atoms. The Morgan fingerprint density at radius 2 is 2.06 bits per heavy atom. The zero-order valence-electron chi connectivity index (χ0n) is 18.3. The smallest absolute Gasteiger partial charge is 0.192 e. The van der Waals surface area contributed by atoms with Crippen LogP contribution in [-0.4, -0.2) is 51.6 Å². The molecule has 4 rings (SSSR count). The summed E-state index contributed by atoms with van der Waals surface area (Å²) < 4.78 is 16.7. The van der Waals surface area contributed by atoms with Gasteiger partial charge in [0.05, 0.1) is 24.4 Å². The first-order valence-corrected chi connectivity index (χ1v) is 11.2. The van der Waals surface area contributed by atoms with Crippen LogP contribution in [0.5, 0.6) is 0 Å². The zero-order chi connectivity index (χ0) is 21.8. The first kappa shape index (κ1) is 21.5. The number of aliphatic imine (C=N–C) groups is 1. The summed E-state index contributed by atoms with van der Waals surface area (Å²) in [5, 5.41) is 20.9.